The van der Waals surface area contributed by atoms with E-state index in [0.29, 0.717) is 19.0 Å². The molecule has 0 aromatic carbocycles. The first-order valence-corrected chi connectivity index (χ1v) is 10.4. The number of piperidine rings is 1. The van der Waals surface area contributed by atoms with Crippen LogP contribution >= 0.6 is 0 Å². The molecule has 25 heavy (non-hydrogen) atoms. The first kappa shape index (κ1) is 17.2. The van der Waals surface area contributed by atoms with Crippen LogP contribution in [0.2, 0.25) is 0 Å². The molecule has 0 aromatic rings. The standard InChI is InChI=1S/C20H33N3O2/c1-14-4-2-3-7-23(14)18(24)5-6-21-19(25)22-20-11-15-8-16(12-20)10-17(9-15)13-20/h14-17H,2-13H2,1H3,(H2,21,22,25). The number of hydrogen-bond acceptors (Lipinski definition) is 2. The molecular formula is C20H33N3O2. The maximum absolute atomic E-state index is 12.4. The van der Waals surface area contributed by atoms with Crippen LogP contribution in [-0.2, 0) is 4.79 Å². The maximum atomic E-state index is 12.4. The number of hydrogen-bond donors (Lipinski definition) is 2. The lowest BCUT2D eigenvalue weighted by Crippen LogP contribution is -2.61. The van der Waals surface area contributed by atoms with Crippen molar-refractivity contribution in [2.75, 3.05) is 13.1 Å². The van der Waals surface area contributed by atoms with Gasteiger partial charge in [0.1, 0.15) is 0 Å². The zero-order chi connectivity index (χ0) is 17.4. The van der Waals surface area contributed by atoms with Gasteiger partial charge in [-0.1, -0.05) is 0 Å². The summed E-state index contributed by atoms with van der Waals surface area (Å²) in [6.07, 6.45) is 11.5. The molecule has 4 bridgehead atoms. The van der Waals surface area contributed by atoms with Crippen LogP contribution in [0, 0.1) is 17.8 Å². The van der Waals surface area contributed by atoms with Gasteiger partial charge in [0.15, 0.2) is 0 Å². The number of carbonyl (C=O) groups is 2. The smallest absolute Gasteiger partial charge is 0.315 e. The van der Waals surface area contributed by atoms with Crippen molar-refractivity contribution in [1.82, 2.24) is 15.5 Å². The average Bonchev–Trinajstić information content (AvgIpc) is 2.53. The van der Waals surface area contributed by atoms with E-state index in [0.717, 1.165) is 56.4 Å². The number of likely N-dealkylation sites (tertiary alicyclic amines) is 1. The second-order valence-corrected chi connectivity index (χ2v) is 9.26. The van der Waals surface area contributed by atoms with Gasteiger partial charge in [0.2, 0.25) is 5.91 Å². The molecule has 1 atom stereocenters. The van der Waals surface area contributed by atoms with Crippen LogP contribution < -0.4 is 10.6 Å². The molecule has 2 N–H and O–H groups in total. The van der Waals surface area contributed by atoms with Gasteiger partial charge in [-0.2, -0.15) is 0 Å². The highest BCUT2D eigenvalue weighted by molar-refractivity contribution is 5.79. The summed E-state index contributed by atoms with van der Waals surface area (Å²) in [7, 11) is 0. The minimum atomic E-state index is -0.0681. The fourth-order valence-corrected chi connectivity index (χ4v) is 6.44. The third-order valence-electron chi connectivity index (χ3n) is 7.16. The van der Waals surface area contributed by atoms with Gasteiger partial charge in [-0.15, -0.1) is 0 Å². The quantitative estimate of drug-likeness (QED) is 0.821. The molecule has 4 saturated carbocycles. The van der Waals surface area contributed by atoms with Crippen LogP contribution in [0.25, 0.3) is 0 Å². The van der Waals surface area contributed by atoms with Crippen LogP contribution in [0.5, 0.6) is 0 Å². The Morgan fingerprint density at radius 2 is 1.68 bits per heavy atom. The predicted octanol–water partition coefficient (Wildman–Crippen LogP) is 3.05. The molecule has 0 aromatic heterocycles. The molecule has 4 aliphatic carbocycles. The van der Waals surface area contributed by atoms with Gasteiger partial charge in [-0.3, -0.25) is 4.79 Å². The summed E-state index contributed by atoms with van der Waals surface area (Å²) >= 11 is 0. The summed E-state index contributed by atoms with van der Waals surface area (Å²) in [5, 5.41) is 6.26. The van der Waals surface area contributed by atoms with E-state index < -0.39 is 0 Å². The lowest BCUT2D eigenvalue weighted by atomic mass is 9.53. The van der Waals surface area contributed by atoms with Gasteiger partial charge in [-0.25, -0.2) is 4.79 Å². The first-order chi connectivity index (χ1) is 12.0. The SMILES string of the molecule is CC1CCCCN1C(=O)CCNC(=O)NC12CC3CC(CC(C3)C1)C2. The molecule has 5 heteroatoms. The zero-order valence-electron chi connectivity index (χ0n) is 15.6. The third kappa shape index (κ3) is 3.65. The van der Waals surface area contributed by atoms with Crippen LogP contribution in [-0.4, -0.2) is 41.5 Å². The Labute approximate surface area is 151 Å². The fourth-order valence-electron chi connectivity index (χ4n) is 6.44. The Morgan fingerprint density at radius 1 is 1.04 bits per heavy atom. The van der Waals surface area contributed by atoms with E-state index in [1.807, 2.05) is 4.90 Å². The largest absolute Gasteiger partial charge is 0.340 e. The van der Waals surface area contributed by atoms with Crippen LogP contribution in [0.1, 0.15) is 71.1 Å². The van der Waals surface area contributed by atoms with E-state index in [1.165, 1.54) is 25.7 Å². The zero-order valence-corrected chi connectivity index (χ0v) is 15.6. The highest BCUT2D eigenvalue weighted by Crippen LogP contribution is 2.55. The van der Waals surface area contributed by atoms with E-state index >= 15 is 0 Å². The maximum Gasteiger partial charge on any atom is 0.315 e. The van der Waals surface area contributed by atoms with Crippen LogP contribution in [0.3, 0.4) is 0 Å². The molecule has 1 unspecified atom stereocenters. The van der Waals surface area contributed by atoms with E-state index in [4.69, 9.17) is 0 Å². The summed E-state index contributed by atoms with van der Waals surface area (Å²) in [6, 6.07) is 0.281. The van der Waals surface area contributed by atoms with E-state index in [9.17, 15) is 9.59 Å². The molecule has 1 aliphatic heterocycles. The number of nitrogens with zero attached hydrogens (tertiary/aromatic N) is 1. The Kier molecular flexibility index (Phi) is 4.67. The van der Waals surface area contributed by atoms with Crippen LogP contribution in [0.4, 0.5) is 4.79 Å². The second-order valence-electron chi connectivity index (χ2n) is 9.26. The summed E-state index contributed by atoms with van der Waals surface area (Å²) in [6.45, 7) is 3.45. The Bertz CT molecular complexity index is 498. The van der Waals surface area contributed by atoms with E-state index in [1.54, 1.807) is 0 Å². The highest BCUT2D eigenvalue weighted by atomic mass is 16.2. The van der Waals surface area contributed by atoms with Crippen LogP contribution in [0.15, 0.2) is 0 Å². The Morgan fingerprint density at radius 3 is 2.28 bits per heavy atom. The van der Waals surface area contributed by atoms with Gasteiger partial charge < -0.3 is 15.5 Å². The fraction of sp³-hybridized carbons (Fsp3) is 0.900. The van der Waals surface area contributed by atoms with Gasteiger partial charge in [0, 0.05) is 31.1 Å². The number of urea groups is 1. The lowest BCUT2D eigenvalue weighted by molar-refractivity contribution is -0.134. The van der Waals surface area contributed by atoms with Crippen molar-refractivity contribution in [1.29, 1.82) is 0 Å². The van der Waals surface area contributed by atoms with Gasteiger partial charge in [0.25, 0.3) is 0 Å². The molecule has 3 amide bonds. The van der Waals surface area contributed by atoms with Crippen molar-refractivity contribution in [3.05, 3.63) is 0 Å². The highest BCUT2D eigenvalue weighted by Gasteiger charge is 2.51. The summed E-state index contributed by atoms with van der Waals surface area (Å²) < 4.78 is 0. The average molecular weight is 348 g/mol. The summed E-state index contributed by atoms with van der Waals surface area (Å²) in [5.41, 5.74) is 0.0459. The molecule has 5 aliphatic rings. The van der Waals surface area contributed by atoms with Crippen molar-refractivity contribution in [2.24, 2.45) is 17.8 Å². The van der Waals surface area contributed by atoms with Crippen molar-refractivity contribution in [3.8, 4) is 0 Å². The third-order valence-corrected chi connectivity index (χ3v) is 7.16. The molecule has 0 radical (unpaired) electrons. The van der Waals surface area contributed by atoms with E-state index in [2.05, 4.69) is 17.6 Å². The van der Waals surface area contributed by atoms with E-state index in [-0.39, 0.29) is 17.5 Å². The Hall–Kier alpha value is -1.26. The van der Waals surface area contributed by atoms with Crippen molar-refractivity contribution in [3.63, 3.8) is 0 Å². The number of nitrogens with one attached hydrogen (secondary N) is 2. The number of carbonyl (C=O) groups excluding carboxylic acids is 2. The topological polar surface area (TPSA) is 61.4 Å². The molecule has 1 heterocycles. The molecule has 0 spiro atoms. The first-order valence-electron chi connectivity index (χ1n) is 10.4. The minimum absolute atomic E-state index is 0.0459. The monoisotopic (exact) mass is 347 g/mol. The van der Waals surface area contributed by atoms with Crippen molar-refractivity contribution >= 4 is 11.9 Å². The predicted molar refractivity (Wildman–Crippen MR) is 97.1 cm³/mol. The minimum Gasteiger partial charge on any atom is -0.340 e. The summed E-state index contributed by atoms with van der Waals surface area (Å²) in [4.78, 5) is 26.7. The van der Waals surface area contributed by atoms with Crippen molar-refractivity contribution < 1.29 is 9.59 Å². The molecular weight excluding hydrogens is 314 g/mol. The molecule has 5 fully saturated rings. The van der Waals surface area contributed by atoms with Gasteiger partial charge in [0.05, 0.1) is 0 Å². The van der Waals surface area contributed by atoms with Crippen molar-refractivity contribution in [2.45, 2.75) is 82.7 Å². The van der Waals surface area contributed by atoms with Gasteiger partial charge in [-0.05, 0) is 82.5 Å². The molecule has 140 valence electrons. The molecule has 5 rings (SSSR count). The molecule has 1 saturated heterocycles. The lowest BCUT2D eigenvalue weighted by Gasteiger charge is -2.56. The van der Waals surface area contributed by atoms with Gasteiger partial charge >= 0.3 is 6.03 Å². The normalized spacial score (nSPS) is 39.3. The molecule has 5 nitrogen and oxygen atoms in total. The summed E-state index contributed by atoms with van der Waals surface area (Å²) in [5.74, 6) is 2.67. The number of amides is 3. The Balaban J connectivity index is 1.22. The second kappa shape index (κ2) is 6.81. The number of rotatable bonds is 4.